The van der Waals surface area contributed by atoms with Gasteiger partial charge in [-0.25, -0.2) is 0 Å². The van der Waals surface area contributed by atoms with E-state index in [9.17, 15) is 0 Å². The molecule has 1 heterocycles. The van der Waals surface area contributed by atoms with E-state index in [0.717, 1.165) is 24.4 Å². The lowest BCUT2D eigenvalue weighted by atomic mass is 9.88. The lowest BCUT2D eigenvalue weighted by Gasteiger charge is -2.24. The van der Waals surface area contributed by atoms with Crippen LogP contribution in [0.25, 0.3) is 0 Å². The number of nitriles is 1. The van der Waals surface area contributed by atoms with Gasteiger partial charge >= 0.3 is 0 Å². The number of nitrogens with one attached hydrogen (secondary N) is 1. The van der Waals surface area contributed by atoms with E-state index in [1.165, 1.54) is 11.5 Å². The third-order valence-electron chi connectivity index (χ3n) is 2.57. The highest BCUT2D eigenvalue weighted by atomic mass is 32.1. The molecule has 0 spiro atoms. The molecule has 0 aliphatic rings. The van der Waals surface area contributed by atoms with Gasteiger partial charge in [-0.15, -0.1) is 0 Å². The molecule has 0 bridgehead atoms. The first-order chi connectivity index (χ1) is 8.00. The normalized spacial score (nSPS) is 11.2. The van der Waals surface area contributed by atoms with Crippen LogP contribution in [0.15, 0.2) is 0 Å². The van der Waals surface area contributed by atoms with Gasteiger partial charge in [0.1, 0.15) is 16.6 Å². The van der Waals surface area contributed by atoms with Crippen molar-refractivity contribution in [2.24, 2.45) is 5.41 Å². The molecule has 1 rings (SSSR count). The number of nitrogens with zero attached hydrogens (tertiary/aromatic N) is 2. The molecule has 5 nitrogen and oxygen atoms in total. The predicted molar refractivity (Wildman–Crippen MR) is 69.8 cm³/mol. The molecule has 0 unspecified atom stereocenters. The molecule has 0 aliphatic carbocycles. The summed E-state index contributed by atoms with van der Waals surface area (Å²) < 4.78 is 3.94. The van der Waals surface area contributed by atoms with Crippen molar-refractivity contribution in [3.8, 4) is 6.07 Å². The number of hydrogen-bond donors (Lipinski definition) is 3. The van der Waals surface area contributed by atoms with E-state index in [2.05, 4.69) is 23.5 Å². The molecular formula is C11H18N4OS. The Hall–Kier alpha value is -1.32. The van der Waals surface area contributed by atoms with E-state index in [4.69, 9.17) is 16.1 Å². The SMILES string of the molecule is CC(C)(CCCO)CNc1snc(N)c1C#N. The molecule has 6 heteroatoms. The molecule has 0 atom stereocenters. The molecule has 0 amide bonds. The zero-order valence-electron chi connectivity index (χ0n) is 10.2. The minimum absolute atomic E-state index is 0.0637. The van der Waals surface area contributed by atoms with E-state index in [0.29, 0.717) is 5.56 Å². The van der Waals surface area contributed by atoms with Crippen molar-refractivity contribution in [1.29, 1.82) is 5.26 Å². The second kappa shape index (κ2) is 5.84. The molecule has 94 valence electrons. The van der Waals surface area contributed by atoms with Crippen LogP contribution in [-0.2, 0) is 0 Å². The van der Waals surface area contributed by atoms with E-state index in [1.807, 2.05) is 6.07 Å². The van der Waals surface area contributed by atoms with Gasteiger partial charge in [0.05, 0.1) is 0 Å². The summed E-state index contributed by atoms with van der Waals surface area (Å²) in [6.45, 7) is 5.17. The Bertz CT molecular complexity index is 408. The summed E-state index contributed by atoms with van der Waals surface area (Å²) in [4.78, 5) is 0. The third-order valence-corrected chi connectivity index (χ3v) is 3.39. The maximum absolute atomic E-state index is 8.92. The number of aliphatic hydroxyl groups is 1. The Balaban J connectivity index is 2.58. The fraction of sp³-hybridized carbons (Fsp3) is 0.636. The Labute approximate surface area is 105 Å². The van der Waals surface area contributed by atoms with Crippen LogP contribution in [0, 0.1) is 16.7 Å². The van der Waals surface area contributed by atoms with Gasteiger partial charge in [0.2, 0.25) is 0 Å². The fourth-order valence-electron chi connectivity index (χ4n) is 1.50. The first-order valence-electron chi connectivity index (χ1n) is 5.50. The molecule has 0 aliphatic heterocycles. The molecule has 4 N–H and O–H groups in total. The maximum atomic E-state index is 8.92. The van der Waals surface area contributed by atoms with Crippen molar-refractivity contribution in [1.82, 2.24) is 4.37 Å². The van der Waals surface area contributed by atoms with Gasteiger partial charge in [-0.1, -0.05) is 13.8 Å². The van der Waals surface area contributed by atoms with Crippen molar-refractivity contribution in [2.45, 2.75) is 26.7 Å². The minimum atomic E-state index is 0.0637. The number of nitrogens with two attached hydrogens (primary N) is 1. The van der Waals surface area contributed by atoms with Crippen LogP contribution in [0.5, 0.6) is 0 Å². The number of nitrogen functional groups attached to an aromatic ring is 1. The van der Waals surface area contributed by atoms with Crippen molar-refractivity contribution < 1.29 is 5.11 Å². The summed E-state index contributed by atoms with van der Waals surface area (Å²) in [5, 5.41) is 21.7. The number of aliphatic hydroxyl groups excluding tert-OH is 1. The number of aromatic nitrogens is 1. The average Bonchev–Trinajstić information content (AvgIpc) is 2.65. The van der Waals surface area contributed by atoms with Crippen molar-refractivity contribution >= 4 is 22.4 Å². The zero-order valence-corrected chi connectivity index (χ0v) is 11.0. The standard InChI is InChI=1S/C11H18N4OS/c1-11(2,4-3-5-16)7-14-10-8(6-12)9(13)15-17-10/h14,16H,3-5,7H2,1-2H3,(H2,13,15). The molecule has 1 aromatic heterocycles. The zero-order chi connectivity index (χ0) is 12.9. The largest absolute Gasteiger partial charge is 0.396 e. The van der Waals surface area contributed by atoms with Crippen molar-refractivity contribution in [3.63, 3.8) is 0 Å². The van der Waals surface area contributed by atoms with Crippen LogP contribution in [0.3, 0.4) is 0 Å². The van der Waals surface area contributed by atoms with Gasteiger partial charge in [0.15, 0.2) is 5.82 Å². The molecule has 0 radical (unpaired) electrons. The van der Waals surface area contributed by atoms with Gasteiger partial charge in [-0.3, -0.25) is 0 Å². The van der Waals surface area contributed by atoms with Gasteiger partial charge < -0.3 is 16.2 Å². The highest BCUT2D eigenvalue weighted by molar-refractivity contribution is 7.10. The van der Waals surface area contributed by atoms with Gasteiger partial charge in [-0.2, -0.15) is 9.64 Å². The highest BCUT2D eigenvalue weighted by Gasteiger charge is 2.19. The van der Waals surface area contributed by atoms with Gasteiger partial charge in [-0.05, 0) is 29.8 Å². The van der Waals surface area contributed by atoms with Crippen LogP contribution in [0.1, 0.15) is 32.3 Å². The molecule has 0 aromatic carbocycles. The van der Waals surface area contributed by atoms with Gasteiger partial charge in [0, 0.05) is 13.2 Å². The molecular weight excluding hydrogens is 236 g/mol. The van der Waals surface area contributed by atoms with Crippen LogP contribution in [-0.4, -0.2) is 22.6 Å². The Morgan fingerprint density at radius 1 is 1.59 bits per heavy atom. The van der Waals surface area contributed by atoms with Crippen molar-refractivity contribution in [2.75, 3.05) is 24.2 Å². The fourth-order valence-corrected chi connectivity index (χ4v) is 2.16. The number of rotatable bonds is 6. The molecule has 0 fully saturated rings. The minimum Gasteiger partial charge on any atom is -0.396 e. The first kappa shape index (κ1) is 13.7. The summed E-state index contributed by atoms with van der Waals surface area (Å²) in [5.41, 5.74) is 6.06. The quantitative estimate of drug-likeness (QED) is 0.719. The van der Waals surface area contributed by atoms with E-state index >= 15 is 0 Å². The van der Waals surface area contributed by atoms with Crippen LogP contribution >= 0.6 is 11.5 Å². The van der Waals surface area contributed by atoms with E-state index in [1.54, 1.807) is 0 Å². The summed E-state index contributed by atoms with van der Waals surface area (Å²) >= 11 is 1.21. The van der Waals surface area contributed by atoms with E-state index < -0.39 is 0 Å². The third kappa shape index (κ3) is 3.88. The molecule has 17 heavy (non-hydrogen) atoms. The van der Waals surface area contributed by atoms with Crippen LogP contribution < -0.4 is 11.1 Å². The van der Waals surface area contributed by atoms with Crippen LogP contribution in [0.2, 0.25) is 0 Å². The monoisotopic (exact) mass is 254 g/mol. The molecule has 1 aromatic rings. The Morgan fingerprint density at radius 3 is 2.88 bits per heavy atom. The van der Waals surface area contributed by atoms with Crippen LogP contribution in [0.4, 0.5) is 10.8 Å². The average molecular weight is 254 g/mol. The Kier molecular flexibility index (Phi) is 4.73. The first-order valence-corrected chi connectivity index (χ1v) is 6.27. The Morgan fingerprint density at radius 2 is 2.29 bits per heavy atom. The summed E-state index contributed by atoms with van der Waals surface area (Å²) in [6.07, 6.45) is 1.71. The lowest BCUT2D eigenvalue weighted by molar-refractivity contribution is 0.248. The smallest absolute Gasteiger partial charge is 0.157 e. The second-order valence-corrected chi connectivity index (χ2v) is 5.50. The highest BCUT2D eigenvalue weighted by Crippen LogP contribution is 2.28. The topological polar surface area (TPSA) is 95.0 Å². The second-order valence-electron chi connectivity index (χ2n) is 4.73. The van der Waals surface area contributed by atoms with Gasteiger partial charge in [0.25, 0.3) is 0 Å². The number of anilines is 2. The predicted octanol–water partition coefficient (Wildman–Crippen LogP) is 1.81. The summed E-state index contributed by atoms with van der Waals surface area (Å²) in [5.74, 6) is 0.285. The molecule has 0 saturated carbocycles. The molecule has 0 saturated heterocycles. The lowest BCUT2D eigenvalue weighted by Crippen LogP contribution is -2.23. The maximum Gasteiger partial charge on any atom is 0.157 e. The number of hydrogen-bond acceptors (Lipinski definition) is 6. The van der Waals surface area contributed by atoms with Crippen molar-refractivity contribution in [3.05, 3.63) is 5.56 Å². The summed E-state index contributed by atoms with van der Waals surface area (Å²) in [7, 11) is 0. The van der Waals surface area contributed by atoms with E-state index in [-0.39, 0.29) is 17.8 Å². The summed E-state index contributed by atoms with van der Waals surface area (Å²) in [6, 6.07) is 2.04.